The fraction of sp³-hybridized carbons (Fsp3) is 0.471. The Morgan fingerprint density at radius 1 is 1.14 bits per heavy atom. The summed E-state index contributed by atoms with van der Waals surface area (Å²) in [5.74, 6) is 0.125. The molecular weight excluding hydrogens is 262 g/mol. The molecule has 0 spiro atoms. The second-order valence-electron chi connectivity index (χ2n) is 6.30. The van der Waals surface area contributed by atoms with Gasteiger partial charge in [0.15, 0.2) is 0 Å². The van der Waals surface area contributed by atoms with Crippen molar-refractivity contribution in [2.45, 2.75) is 50.9 Å². The summed E-state index contributed by atoms with van der Waals surface area (Å²) in [6.07, 6.45) is 6.88. The molecule has 21 heavy (non-hydrogen) atoms. The van der Waals surface area contributed by atoms with Crippen molar-refractivity contribution < 1.29 is 4.79 Å². The van der Waals surface area contributed by atoms with Crippen molar-refractivity contribution in [3.8, 4) is 0 Å². The molecule has 0 saturated heterocycles. The van der Waals surface area contributed by atoms with E-state index in [9.17, 15) is 4.79 Å². The smallest absolute Gasteiger partial charge is 0.240 e. The van der Waals surface area contributed by atoms with Crippen molar-refractivity contribution in [3.05, 3.63) is 36.0 Å². The van der Waals surface area contributed by atoms with E-state index in [1.165, 1.54) is 29.3 Å². The van der Waals surface area contributed by atoms with Gasteiger partial charge in [0.2, 0.25) is 5.91 Å². The Hall–Kier alpha value is -1.81. The Bertz CT molecular complexity index is 668. The van der Waals surface area contributed by atoms with Crippen molar-refractivity contribution in [3.63, 3.8) is 0 Å². The number of hydrogen-bond donors (Lipinski definition) is 2. The van der Waals surface area contributed by atoms with Crippen molar-refractivity contribution in [2.75, 3.05) is 0 Å². The van der Waals surface area contributed by atoms with Crippen LogP contribution in [0.4, 0.5) is 0 Å². The third-order valence-electron chi connectivity index (χ3n) is 4.29. The van der Waals surface area contributed by atoms with Gasteiger partial charge in [-0.1, -0.05) is 18.2 Å². The van der Waals surface area contributed by atoms with E-state index in [2.05, 4.69) is 39.5 Å². The van der Waals surface area contributed by atoms with Crippen LogP contribution in [0.15, 0.2) is 30.5 Å². The van der Waals surface area contributed by atoms with Crippen LogP contribution in [0.2, 0.25) is 0 Å². The molecule has 2 aromatic rings. The summed E-state index contributed by atoms with van der Waals surface area (Å²) >= 11 is 0. The quantitative estimate of drug-likeness (QED) is 0.853. The number of carbonyl (C=O) groups is 1. The maximum atomic E-state index is 12.0. The summed E-state index contributed by atoms with van der Waals surface area (Å²) in [5, 5.41) is 7.84. The molecule has 0 bridgehead atoms. The van der Waals surface area contributed by atoms with Crippen LogP contribution in [0.1, 0.15) is 31.2 Å². The molecule has 0 radical (unpaired) electrons. The number of hydrogen-bond acceptors (Lipinski definition) is 2. The number of aromatic nitrogens is 1. The summed E-state index contributed by atoms with van der Waals surface area (Å²) in [7, 11) is 0. The largest absolute Gasteiger partial charge is 0.352 e. The summed E-state index contributed by atoms with van der Waals surface area (Å²) < 4.78 is 2.08. The molecule has 2 aliphatic rings. The Balaban J connectivity index is 1.56. The van der Waals surface area contributed by atoms with Crippen LogP contribution in [0.3, 0.4) is 0 Å². The molecule has 1 aromatic heterocycles. The molecule has 2 aliphatic carbocycles. The summed E-state index contributed by atoms with van der Waals surface area (Å²) in [5.41, 5.74) is 2.47. The average Bonchev–Trinajstić information content (AvgIpc) is 3.38. The normalized spacial score (nSPS) is 18.1. The second kappa shape index (κ2) is 5.19. The first kappa shape index (κ1) is 12.9. The number of rotatable bonds is 6. The predicted molar refractivity (Wildman–Crippen MR) is 83.0 cm³/mol. The highest BCUT2D eigenvalue weighted by Crippen LogP contribution is 2.24. The number of nitrogens with zero attached hydrogens (tertiary/aromatic N) is 1. The highest BCUT2D eigenvalue weighted by atomic mass is 16.2. The number of benzene rings is 1. The zero-order valence-corrected chi connectivity index (χ0v) is 12.1. The lowest BCUT2D eigenvalue weighted by Crippen LogP contribution is -2.29. The Kier molecular flexibility index (Phi) is 3.19. The first-order valence-corrected chi connectivity index (χ1v) is 7.89. The Morgan fingerprint density at radius 3 is 2.71 bits per heavy atom. The lowest BCUT2D eigenvalue weighted by atomic mass is 10.1. The zero-order valence-electron chi connectivity index (χ0n) is 12.1. The van der Waals surface area contributed by atoms with Gasteiger partial charge in [-0.05, 0) is 42.7 Å². The molecule has 4 heteroatoms. The molecule has 1 heterocycles. The van der Waals surface area contributed by atoms with Crippen molar-refractivity contribution in [2.24, 2.45) is 0 Å². The van der Waals surface area contributed by atoms with Crippen molar-refractivity contribution in [1.29, 1.82) is 0 Å². The number of fused-ring (bicyclic) bond motifs is 1. The Morgan fingerprint density at radius 2 is 1.95 bits per heavy atom. The molecule has 0 unspecified atom stereocenters. The van der Waals surface area contributed by atoms with E-state index in [1.54, 1.807) is 0 Å². The van der Waals surface area contributed by atoms with Gasteiger partial charge in [0.1, 0.15) is 6.54 Å². The standard InChI is InChI=1S/C17H21N3O/c21-16(19-15-6-7-15)11-20-9-8-12-2-1-3-13(17(12)20)10-18-14-4-5-14/h1-3,8-9,14-15,18H,4-7,10-11H2,(H,19,21). The van der Waals surface area contributed by atoms with E-state index in [0.29, 0.717) is 18.6 Å². The summed E-state index contributed by atoms with van der Waals surface area (Å²) in [4.78, 5) is 12.0. The molecule has 4 nitrogen and oxygen atoms in total. The SMILES string of the molecule is O=C(Cn1ccc2cccc(CNC3CC3)c21)NC1CC1. The van der Waals surface area contributed by atoms with Crippen LogP contribution in [0.5, 0.6) is 0 Å². The van der Waals surface area contributed by atoms with Crippen LogP contribution in [0.25, 0.3) is 10.9 Å². The van der Waals surface area contributed by atoms with E-state index < -0.39 is 0 Å². The first-order chi connectivity index (χ1) is 10.3. The van der Waals surface area contributed by atoms with Crippen LogP contribution < -0.4 is 10.6 Å². The fourth-order valence-electron chi connectivity index (χ4n) is 2.81. The third-order valence-corrected chi connectivity index (χ3v) is 4.29. The van der Waals surface area contributed by atoms with Crippen LogP contribution in [-0.2, 0) is 17.9 Å². The molecule has 110 valence electrons. The van der Waals surface area contributed by atoms with Crippen LogP contribution >= 0.6 is 0 Å². The van der Waals surface area contributed by atoms with Gasteiger partial charge in [-0.25, -0.2) is 0 Å². The third kappa shape index (κ3) is 2.95. The highest BCUT2D eigenvalue weighted by molar-refractivity contribution is 5.86. The fourth-order valence-corrected chi connectivity index (χ4v) is 2.81. The molecule has 1 aromatic carbocycles. The molecule has 2 fully saturated rings. The molecule has 2 saturated carbocycles. The maximum absolute atomic E-state index is 12.0. The van der Waals surface area contributed by atoms with E-state index >= 15 is 0 Å². The second-order valence-corrected chi connectivity index (χ2v) is 6.30. The van der Waals surface area contributed by atoms with E-state index in [-0.39, 0.29) is 5.91 Å². The average molecular weight is 283 g/mol. The van der Waals surface area contributed by atoms with Gasteiger partial charge in [0.05, 0.1) is 5.52 Å². The van der Waals surface area contributed by atoms with Gasteiger partial charge >= 0.3 is 0 Å². The van der Waals surface area contributed by atoms with Crippen molar-refractivity contribution in [1.82, 2.24) is 15.2 Å². The topological polar surface area (TPSA) is 46.1 Å². The predicted octanol–water partition coefficient (Wildman–Crippen LogP) is 2.17. The lowest BCUT2D eigenvalue weighted by molar-refractivity contribution is -0.121. The molecule has 0 atom stereocenters. The minimum Gasteiger partial charge on any atom is -0.352 e. The maximum Gasteiger partial charge on any atom is 0.240 e. The van der Waals surface area contributed by atoms with Crippen LogP contribution in [0, 0.1) is 0 Å². The van der Waals surface area contributed by atoms with E-state index in [0.717, 1.165) is 19.4 Å². The van der Waals surface area contributed by atoms with Gasteiger partial charge in [0.25, 0.3) is 0 Å². The van der Waals surface area contributed by atoms with Gasteiger partial charge in [0, 0.05) is 24.8 Å². The highest BCUT2D eigenvalue weighted by Gasteiger charge is 2.24. The van der Waals surface area contributed by atoms with Gasteiger partial charge in [-0.2, -0.15) is 0 Å². The number of para-hydroxylation sites is 1. The number of amides is 1. The molecule has 2 N–H and O–H groups in total. The van der Waals surface area contributed by atoms with E-state index in [1.807, 2.05) is 6.20 Å². The Labute approximate surface area is 124 Å². The summed E-state index contributed by atoms with van der Waals surface area (Å²) in [6.45, 7) is 1.30. The molecule has 4 rings (SSSR count). The molecular formula is C17H21N3O. The molecule has 1 amide bonds. The zero-order chi connectivity index (χ0) is 14.2. The molecule has 0 aliphatic heterocycles. The van der Waals surface area contributed by atoms with Gasteiger partial charge < -0.3 is 15.2 Å². The summed E-state index contributed by atoms with van der Waals surface area (Å²) in [6, 6.07) is 9.59. The first-order valence-electron chi connectivity index (χ1n) is 7.89. The van der Waals surface area contributed by atoms with Crippen LogP contribution in [-0.4, -0.2) is 22.6 Å². The van der Waals surface area contributed by atoms with Gasteiger partial charge in [-0.3, -0.25) is 4.79 Å². The van der Waals surface area contributed by atoms with Gasteiger partial charge in [-0.15, -0.1) is 0 Å². The minimum atomic E-state index is 0.125. The lowest BCUT2D eigenvalue weighted by Gasteiger charge is -2.11. The number of carbonyl (C=O) groups excluding carboxylic acids is 1. The van der Waals surface area contributed by atoms with E-state index in [4.69, 9.17) is 0 Å². The van der Waals surface area contributed by atoms with Crippen molar-refractivity contribution >= 4 is 16.8 Å². The monoisotopic (exact) mass is 283 g/mol. The minimum absolute atomic E-state index is 0.125. The number of nitrogens with one attached hydrogen (secondary N) is 2.